The molecule has 3 heterocycles. The number of rotatable bonds is 2. The number of hydrogen-bond donors (Lipinski definition) is 1. The van der Waals surface area contributed by atoms with Crippen LogP contribution in [-0.4, -0.2) is 74.9 Å². The van der Waals surface area contributed by atoms with Crippen molar-refractivity contribution in [3.63, 3.8) is 0 Å². The van der Waals surface area contributed by atoms with Crippen molar-refractivity contribution in [1.82, 2.24) is 4.90 Å². The van der Waals surface area contributed by atoms with Crippen LogP contribution < -0.4 is 5.73 Å². The van der Waals surface area contributed by atoms with E-state index in [1.165, 1.54) is 0 Å². The third-order valence-electron chi connectivity index (χ3n) is 4.19. The number of hydrogen-bond acceptors (Lipinski definition) is 5. The Morgan fingerprint density at radius 1 is 1.32 bits per heavy atom. The minimum atomic E-state index is -0.444. The summed E-state index contributed by atoms with van der Waals surface area (Å²) in [6.45, 7) is 6.84. The molecule has 0 aliphatic carbocycles. The number of morpholine rings is 1. The number of halogens is 1. The maximum absolute atomic E-state index is 6.06. The normalized spacial score (nSPS) is 32.0. The highest BCUT2D eigenvalue weighted by molar-refractivity contribution is 14.0. The summed E-state index contributed by atoms with van der Waals surface area (Å²) in [6, 6.07) is 0. The van der Waals surface area contributed by atoms with E-state index in [4.69, 9.17) is 24.7 Å². The van der Waals surface area contributed by atoms with Crippen LogP contribution >= 0.6 is 24.0 Å². The predicted molar refractivity (Wildman–Crippen MR) is 92.5 cm³/mol. The standard InChI is InChI=1S/C14H25N3O4.HI/c1-11-9-17(4-7-19-11)13(15)16-8-12-10-20-14(21-12)2-5-18-6-3-14;/h11-12H,2-10H2,1H3,(H2,15,16);1H. The molecule has 7 nitrogen and oxygen atoms in total. The largest absolute Gasteiger partial charge is 0.381 e. The van der Waals surface area contributed by atoms with Crippen LogP contribution in [0.3, 0.4) is 0 Å². The molecule has 0 radical (unpaired) electrons. The van der Waals surface area contributed by atoms with Crippen molar-refractivity contribution >= 4 is 29.9 Å². The molecule has 1 spiro atoms. The highest BCUT2D eigenvalue weighted by Gasteiger charge is 2.42. The van der Waals surface area contributed by atoms with Crippen molar-refractivity contribution in [2.75, 3.05) is 46.1 Å². The molecule has 0 aromatic heterocycles. The molecule has 8 heteroatoms. The molecule has 3 fully saturated rings. The Morgan fingerprint density at radius 2 is 2.09 bits per heavy atom. The van der Waals surface area contributed by atoms with E-state index < -0.39 is 5.79 Å². The molecule has 3 aliphatic rings. The fourth-order valence-electron chi connectivity index (χ4n) is 2.97. The summed E-state index contributed by atoms with van der Waals surface area (Å²) < 4.78 is 22.7. The lowest BCUT2D eigenvalue weighted by atomic mass is 10.1. The van der Waals surface area contributed by atoms with E-state index >= 15 is 0 Å². The van der Waals surface area contributed by atoms with Gasteiger partial charge in [-0.3, -0.25) is 4.99 Å². The van der Waals surface area contributed by atoms with Gasteiger partial charge in [-0.1, -0.05) is 0 Å². The maximum atomic E-state index is 6.06. The van der Waals surface area contributed by atoms with Gasteiger partial charge >= 0.3 is 0 Å². The van der Waals surface area contributed by atoms with Gasteiger partial charge in [-0.25, -0.2) is 0 Å². The summed E-state index contributed by atoms with van der Waals surface area (Å²) in [4.78, 5) is 6.53. The Hall–Kier alpha value is -0.160. The van der Waals surface area contributed by atoms with Crippen molar-refractivity contribution in [2.24, 2.45) is 10.7 Å². The maximum Gasteiger partial charge on any atom is 0.191 e. The van der Waals surface area contributed by atoms with Gasteiger partial charge in [-0.2, -0.15) is 0 Å². The zero-order valence-corrected chi connectivity index (χ0v) is 15.4. The summed E-state index contributed by atoms with van der Waals surface area (Å²) in [5.74, 6) is 0.127. The van der Waals surface area contributed by atoms with Crippen LogP contribution in [0.25, 0.3) is 0 Å². The van der Waals surface area contributed by atoms with E-state index in [2.05, 4.69) is 9.89 Å². The molecule has 2 N–H and O–H groups in total. The molecule has 0 aromatic rings. The van der Waals surface area contributed by atoms with Gasteiger partial charge in [0.15, 0.2) is 11.7 Å². The first-order valence-corrected chi connectivity index (χ1v) is 7.73. The van der Waals surface area contributed by atoms with Crippen molar-refractivity contribution < 1.29 is 18.9 Å². The van der Waals surface area contributed by atoms with Gasteiger partial charge in [-0.15, -0.1) is 24.0 Å². The summed E-state index contributed by atoms with van der Waals surface area (Å²) in [7, 11) is 0. The van der Waals surface area contributed by atoms with E-state index in [-0.39, 0.29) is 36.2 Å². The van der Waals surface area contributed by atoms with Crippen LogP contribution in [-0.2, 0) is 18.9 Å². The quantitative estimate of drug-likeness (QED) is 0.394. The van der Waals surface area contributed by atoms with Crippen molar-refractivity contribution in [3.05, 3.63) is 0 Å². The SMILES string of the molecule is CC1CN(C(N)=NCC2COC3(CCOCC3)O2)CCO1.I. The first-order valence-electron chi connectivity index (χ1n) is 7.73. The van der Waals surface area contributed by atoms with Gasteiger partial charge in [0.25, 0.3) is 0 Å². The molecule has 2 unspecified atom stereocenters. The minimum Gasteiger partial charge on any atom is -0.381 e. The highest BCUT2D eigenvalue weighted by atomic mass is 127. The fourth-order valence-corrected chi connectivity index (χ4v) is 2.97. The van der Waals surface area contributed by atoms with Crippen LogP contribution in [0.1, 0.15) is 19.8 Å². The molecule has 3 aliphatic heterocycles. The van der Waals surface area contributed by atoms with E-state index in [0.29, 0.717) is 38.9 Å². The molecule has 3 saturated heterocycles. The number of nitrogens with two attached hydrogens (primary N) is 1. The third kappa shape index (κ3) is 4.44. The van der Waals surface area contributed by atoms with Crippen molar-refractivity contribution in [2.45, 2.75) is 37.8 Å². The zero-order chi connectivity index (χ0) is 14.7. The number of guanidine groups is 1. The molecule has 0 saturated carbocycles. The summed E-state index contributed by atoms with van der Waals surface area (Å²) in [6.07, 6.45) is 1.78. The molecule has 0 bridgehead atoms. The van der Waals surface area contributed by atoms with Gasteiger partial charge in [0.2, 0.25) is 0 Å². The fraction of sp³-hybridized carbons (Fsp3) is 0.929. The lowest BCUT2D eigenvalue weighted by Gasteiger charge is -2.32. The topological polar surface area (TPSA) is 78.5 Å². The van der Waals surface area contributed by atoms with Crippen LogP contribution in [0.2, 0.25) is 0 Å². The molecule has 0 aromatic carbocycles. The number of aliphatic imine (C=N–C) groups is 1. The van der Waals surface area contributed by atoms with Gasteiger partial charge < -0.3 is 29.6 Å². The van der Waals surface area contributed by atoms with Crippen LogP contribution in [0.15, 0.2) is 4.99 Å². The molecule has 2 atom stereocenters. The Bertz CT molecular complexity index is 390. The first kappa shape index (κ1) is 18.2. The highest BCUT2D eigenvalue weighted by Crippen LogP contribution is 2.33. The molecular formula is C14H26IN3O4. The lowest BCUT2D eigenvalue weighted by Crippen LogP contribution is -2.48. The summed E-state index contributed by atoms with van der Waals surface area (Å²) in [5, 5.41) is 0. The molecular weight excluding hydrogens is 401 g/mol. The Labute approximate surface area is 148 Å². The monoisotopic (exact) mass is 427 g/mol. The lowest BCUT2D eigenvalue weighted by molar-refractivity contribution is -0.210. The average molecular weight is 427 g/mol. The second-order valence-electron chi connectivity index (χ2n) is 5.90. The van der Waals surface area contributed by atoms with Gasteiger partial charge in [0.1, 0.15) is 6.10 Å². The number of ether oxygens (including phenoxy) is 4. The van der Waals surface area contributed by atoms with E-state index in [1.54, 1.807) is 0 Å². The van der Waals surface area contributed by atoms with Gasteiger partial charge in [-0.05, 0) is 6.92 Å². The third-order valence-corrected chi connectivity index (χ3v) is 4.19. The Kier molecular flexibility index (Phi) is 6.69. The van der Waals surface area contributed by atoms with Crippen molar-refractivity contribution in [3.8, 4) is 0 Å². The van der Waals surface area contributed by atoms with E-state index in [1.807, 2.05) is 6.92 Å². The van der Waals surface area contributed by atoms with Crippen LogP contribution in [0.5, 0.6) is 0 Å². The predicted octanol–water partition coefficient (Wildman–Crippen LogP) is 0.562. The molecule has 128 valence electrons. The molecule has 3 rings (SSSR count). The smallest absolute Gasteiger partial charge is 0.191 e. The average Bonchev–Trinajstić information content (AvgIpc) is 2.88. The van der Waals surface area contributed by atoms with E-state index in [0.717, 1.165) is 25.9 Å². The van der Waals surface area contributed by atoms with Gasteiger partial charge in [0.05, 0.1) is 39.1 Å². The Morgan fingerprint density at radius 3 is 2.82 bits per heavy atom. The summed E-state index contributed by atoms with van der Waals surface area (Å²) >= 11 is 0. The number of nitrogens with zero attached hydrogens (tertiary/aromatic N) is 2. The first-order chi connectivity index (χ1) is 10.2. The summed E-state index contributed by atoms with van der Waals surface area (Å²) in [5.41, 5.74) is 6.06. The second-order valence-corrected chi connectivity index (χ2v) is 5.90. The van der Waals surface area contributed by atoms with E-state index in [9.17, 15) is 0 Å². The molecule has 22 heavy (non-hydrogen) atoms. The van der Waals surface area contributed by atoms with Gasteiger partial charge in [0, 0.05) is 25.9 Å². The van der Waals surface area contributed by atoms with Crippen LogP contribution in [0, 0.1) is 0 Å². The molecule has 0 amide bonds. The zero-order valence-electron chi connectivity index (χ0n) is 13.0. The van der Waals surface area contributed by atoms with Crippen LogP contribution in [0.4, 0.5) is 0 Å². The second kappa shape index (κ2) is 8.09. The minimum absolute atomic E-state index is 0. The Balaban J connectivity index is 0.00000176. The van der Waals surface area contributed by atoms with Crippen molar-refractivity contribution in [1.29, 1.82) is 0 Å².